The lowest BCUT2D eigenvalue weighted by Gasteiger charge is -2.25. The molecule has 0 fully saturated rings. The normalized spacial score (nSPS) is 18.7. The van der Waals surface area contributed by atoms with Crippen molar-refractivity contribution in [2.24, 2.45) is 0 Å². The molecule has 2 aromatic rings. The van der Waals surface area contributed by atoms with Crippen LogP contribution in [0, 0.1) is 11.3 Å². The molecule has 0 radical (unpaired) electrons. The highest BCUT2D eigenvalue weighted by Crippen LogP contribution is 2.28. The standard InChI is InChI=1S/C20H19BrN2O3/c1-2-24-13-20(14-25-18-8-6-17(21)7-9-18)11-19(23-26-20)16-5-3-4-15(10-16)12-22/h3-11,23H,2,13-14H2,1H3. The van der Waals surface area contributed by atoms with Crippen molar-refractivity contribution < 1.29 is 14.3 Å². The van der Waals surface area contributed by atoms with E-state index in [4.69, 9.17) is 19.6 Å². The summed E-state index contributed by atoms with van der Waals surface area (Å²) >= 11 is 3.41. The minimum Gasteiger partial charge on any atom is -0.490 e. The van der Waals surface area contributed by atoms with Gasteiger partial charge in [0.1, 0.15) is 12.4 Å². The lowest BCUT2D eigenvalue weighted by Crippen LogP contribution is -2.41. The fourth-order valence-corrected chi connectivity index (χ4v) is 2.84. The van der Waals surface area contributed by atoms with Crippen molar-refractivity contribution in [3.63, 3.8) is 0 Å². The molecule has 0 amide bonds. The molecule has 0 saturated carbocycles. The molecule has 1 unspecified atom stereocenters. The van der Waals surface area contributed by atoms with Crippen LogP contribution in [0.15, 0.2) is 59.1 Å². The number of benzene rings is 2. The Hall–Kier alpha value is -2.33. The van der Waals surface area contributed by atoms with E-state index >= 15 is 0 Å². The second kappa shape index (κ2) is 8.37. The van der Waals surface area contributed by atoms with Crippen LogP contribution in [0.5, 0.6) is 5.75 Å². The Kier molecular flexibility index (Phi) is 5.94. The highest BCUT2D eigenvalue weighted by Gasteiger charge is 2.37. The zero-order valence-corrected chi connectivity index (χ0v) is 16.0. The van der Waals surface area contributed by atoms with E-state index in [2.05, 4.69) is 27.5 Å². The number of nitriles is 1. The molecule has 1 heterocycles. The molecule has 134 valence electrons. The molecule has 0 saturated heterocycles. The van der Waals surface area contributed by atoms with Gasteiger partial charge >= 0.3 is 0 Å². The highest BCUT2D eigenvalue weighted by molar-refractivity contribution is 9.10. The van der Waals surface area contributed by atoms with Crippen LogP contribution in [0.25, 0.3) is 5.70 Å². The van der Waals surface area contributed by atoms with Gasteiger partial charge < -0.3 is 9.47 Å². The Morgan fingerprint density at radius 3 is 2.73 bits per heavy atom. The summed E-state index contributed by atoms with van der Waals surface area (Å²) in [6, 6.07) is 17.1. The van der Waals surface area contributed by atoms with Crippen LogP contribution in [-0.4, -0.2) is 25.4 Å². The van der Waals surface area contributed by atoms with Crippen LogP contribution >= 0.6 is 15.9 Å². The molecule has 1 aliphatic heterocycles. The molecule has 3 rings (SSSR count). The average Bonchev–Trinajstić information content (AvgIpc) is 3.11. The quantitative estimate of drug-likeness (QED) is 0.739. The molecule has 1 aliphatic rings. The van der Waals surface area contributed by atoms with Gasteiger partial charge in [0.05, 0.1) is 23.9 Å². The molecule has 0 spiro atoms. The van der Waals surface area contributed by atoms with Crippen LogP contribution in [0.1, 0.15) is 18.1 Å². The molecule has 0 bridgehead atoms. The van der Waals surface area contributed by atoms with Crippen LogP contribution in [-0.2, 0) is 9.57 Å². The third kappa shape index (κ3) is 4.44. The molecule has 1 N–H and O–H groups in total. The Morgan fingerprint density at radius 2 is 2.00 bits per heavy atom. The van der Waals surface area contributed by atoms with Gasteiger partial charge in [0.2, 0.25) is 0 Å². The lowest BCUT2D eigenvalue weighted by molar-refractivity contribution is -0.101. The number of hydrogen-bond donors (Lipinski definition) is 1. The zero-order chi connectivity index (χ0) is 18.4. The highest BCUT2D eigenvalue weighted by atomic mass is 79.9. The molecular formula is C20H19BrN2O3. The van der Waals surface area contributed by atoms with Gasteiger partial charge in [0.25, 0.3) is 0 Å². The van der Waals surface area contributed by atoms with Crippen molar-refractivity contribution in [3.8, 4) is 11.8 Å². The SMILES string of the molecule is CCOCC1(COc2ccc(Br)cc2)C=C(c2cccc(C#N)c2)NO1. The van der Waals surface area contributed by atoms with Crippen LogP contribution in [0.4, 0.5) is 0 Å². The first-order valence-corrected chi connectivity index (χ1v) is 9.07. The van der Waals surface area contributed by atoms with Crippen molar-refractivity contribution in [1.29, 1.82) is 5.26 Å². The first kappa shape index (κ1) is 18.5. The number of hydroxylamine groups is 1. The maximum absolute atomic E-state index is 9.09. The smallest absolute Gasteiger partial charge is 0.173 e. The molecular weight excluding hydrogens is 396 g/mol. The van der Waals surface area contributed by atoms with Crippen molar-refractivity contribution >= 4 is 21.6 Å². The van der Waals surface area contributed by atoms with E-state index in [-0.39, 0.29) is 0 Å². The Bertz CT molecular complexity index is 830. The first-order valence-electron chi connectivity index (χ1n) is 8.28. The molecule has 5 nitrogen and oxygen atoms in total. The van der Waals surface area contributed by atoms with Gasteiger partial charge in [-0.3, -0.25) is 10.3 Å². The molecule has 6 heteroatoms. The van der Waals surface area contributed by atoms with Gasteiger partial charge in [0, 0.05) is 16.6 Å². The summed E-state index contributed by atoms with van der Waals surface area (Å²) in [7, 11) is 0. The fraction of sp³-hybridized carbons (Fsp3) is 0.250. The van der Waals surface area contributed by atoms with Gasteiger partial charge in [-0.1, -0.05) is 28.1 Å². The molecule has 2 aromatic carbocycles. The minimum atomic E-state index is -0.749. The van der Waals surface area contributed by atoms with E-state index in [9.17, 15) is 0 Å². The Morgan fingerprint density at radius 1 is 1.19 bits per heavy atom. The van der Waals surface area contributed by atoms with Gasteiger partial charge in [-0.2, -0.15) is 5.26 Å². The second-order valence-corrected chi connectivity index (χ2v) is 6.81. The molecule has 1 atom stereocenters. The van der Waals surface area contributed by atoms with Crippen molar-refractivity contribution in [3.05, 3.63) is 70.2 Å². The maximum atomic E-state index is 9.09. The van der Waals surface area contributed by atoms with Gasteiger partial charge in [-0.05, 0) is 49.4 Å². The van der Waals surface area contributed by atoms with E-state index < -0.39 is 5.60 Å². The lowest BCUT2D eigenvalue weighted by atomic mass is 10.0. The first-order chi connectivity index (χ1) is 12.6. The Balaban J connectivity index is 1.79. The number of halogens is 1. The largest absolute Gasteiger partial charge is 0.490 e. The number of nitrogens with zero attached hydrogens (tertiary/aromatic N) is 1. The monoisotopic (exact) mass is 414 g/mol. The summed E-state index contributed by atoms with van der Waals surface area (Å²) in [6.45, 7) is 3.17. The minimum absolute atomic E-state index is 0.295. The summed E-state index contributed by atoms with van der Waals surface area (Å²) in [5.41, 5.74) is 4.47. The van der Waals surface area contributed by atoms with E-state index in [1.807, 2.05) is 55.5 Å². The van der Waals surface area contributed by atoms with Crippen LogP contribution in [0.2, 0.25) is 0 Å². The summed E-state index contributed by atoms with van der Waals surface area (Å²) in [6.07, 6.45) is 1.96. The van der Waals surface area contributed by atoms with Gasteiger partial charge in [-0.15, -0.1) is 0 Å². The second-order valence-electron chi connectivity index (χ2n) is 5.90. The van der Waals surface area contributed by atoms with Crippen LogP contribution < -0.4 is 10.2 Å². The topological polar surface area (TPSA) is 63.5 Å². The van der Waals surface area contributed by atoms with Crippen molar-refractivity contribution in [2.75, 3.05) is 19.8 Å². The summed E-state index contributed by atoms with van der Waals surface area (Å²) in [5, 5.41) is 9.09. The number of rotatable bonds is 7. The van der Waals surface area contributed by atoms with E-state index in [0.717, 1.165) is 21.5 Å². The van der Waals surface area contributed by atoms with Crippen molar-refractivity contribution in [2.45, 2.75) is 12.5 Å². The fourth-order valence-electron chi connectivity index (χ4n) is 2.57. The van der Waals surface area contributed by atoms with Crippen molar-refractivity contribution in [1.82, 2.24) is 5.48 Å². The third-order valence-electron chi connectivity index (χ3n) is 3.92. The molecule has 0 aliphatic carbocycles. The molecule has 0 aromatic heterocycles. The third-order valence-corrected chi connectivity index (χ3v) is 4.45. The predicted molar refractivity (Wildman–Crippen MR) is 102 cm³/mol. The predicted octanol–water partition coefficient (Wildman–Crippen LogP) is 4.05. The number of hydrogen-bond acceptors (Lipinski definition) is 5. The zero-order valence-electron chi connectivity index (χ0n) is 14.4. The summed E-state index contributed by atoms with van der Waals surface area (Å²) in [5.74, 6) is 0.751. The Labute approximate surface area is 161 Å². The van der Waals surface area contributed by atoms with Gasteiger partial charge in [-0.25, -0.2) is 0 Å². The van der Waals surface area contributed by atoms with E-state index in [0.29, 0.717) is 25.4 Å². The maximum Gasteiger partial charge on any atom is 0.173 e. The summed E-state index contributed by atoms with van der Waals surface area (Å²) < 4.78 is 12.5. The van der Waals surface area contributed by atoms with E-state index in [1.165, 1.54) is 0 Å². The average molecular weight is 415 g/mol. The van der Waals surface area contributed by atoms with Gasteiger partial charge in [0.15, 0.2) is 5.60 Å². The van der Waals surface area contributed by atoms with E-state index in [1.54, 1.807) is 6.07 Å². The number of nitrogens with one attached hydrogen (secondary N) is 1. The van der Waals surface area contributed by atoms with Crippen LogP contribution in [0.3, 0.4) is 0 Å². The number of ether oxygens (including phenoxy) is 2. The molecule has 26 heavy (non-hydrogen) atoms. The summed E-state index contributed by atoms with van der Waals surface area (Å²) in [4.78, 5) is 5.84.